The summed E-state index contributed by atoms with van der Waals surface area (Å²) in [6.07, 6.45) is 3.28. The monoisotopic (exact) mass is 870 g/mol. The van der Waals surface area contributed by atoms with Crippen molar-refractivity contribution in [3.05, 3.63) is 122 Å². The lowest BCUT2D eigenvalue weighted by Crippen LogP contribution is -2.35. The summed E-state index contributed by atoms with van der Waals surface area (Å²) in [5.41, 5.74) is 2.11. The lowest BCUT2D eigenvalue weighted by molar-refractivity contribution is 0.0961. The van der Waals surface area contributed by atoms with Crippen LogP contribution in [0.5, 0.6) is 0 Å². The largest absolute Gasteiger partial charge is 0.333 e. The molecular formula is C34H29Br2Cl2F3N6O4. The first-order valence-corrected chi connectivity index (χ1v) is 17.4. The summed E-state index contributed by atoms with van der Waals surface area (Å²) in [7, 11) is 0. The lowest BCUT2D eigenvalue weighted by atomic mass is 10.0. The third-order valence-corrected chi connectivity index (χ3v) is 9.54. The molecule has 0 aliphatic carbocycles. The molecule has 0 aliphatic heterocycles. The van der Waals surface area contributed by atoms with E-state index in [2.05, 4.69) is 52.1 Å². The molecule has 0 saturated heterocycles. The summed E-state index contributed by atoms with van der Waals surface area (Å²) < 4.78 is 42.7. The zero-order valence-corrected chi connectivity index (χ0v) is 32.4. The first-order chi connectivity index (χ1) is 23.9. The van der Waals surface area contributed by atoms with E-state index >= 15 is 0 Å². The van der Waals surface area contributed by atoms with E-state index in [0.29, 0.717) is 28.8 Å². The number of urea groups is 1. The van der Waals surface area contributed by atoms with Crippen molar-refractivity contribution < 1.29 is 22.8 Å². The average molecular weight is 873 g/mol. The molecule has 0 aliphatic rings. The molecule has 0 saturated carbocycles. The van der Waals surface area contributed by atoms with Gasteiger partial charge in [0.15, 0.2) is 11.6 Å². The third-order valence-electron chi connectivity index (χ3n) is 7.50. The standard InChI is InChI=1S/C17H15BrClF2N3O2.C17H14BrClFN3O2/c1-7(2)14-15(8(3)4-5-22-14)23-17(26)24-16(25)11-10(20)6-9(19)13(21)12(11)18;1-7(2)14-15(8(3)4-5-21-14)23-10-6-9(19)13(20)12(18)11(10)16(24)22-17(23)25/h4-7H,1-3H3,(H2,23,24,25,26);4-7H,1-3H3,(H,22,24,25). The molecular weight excluding hydrogens is 844 g/mol. The van der Waals surface area contributed by atoms with Crippen LogP contribution in [-0.2, 0) is 0 Å². The Balaban J connectivity index is 0.000000229. The number of H-pyrrole nitrogens is 1. The van der Waals surface area contributed by atoms with Crippen LogP contribution in [0.15, 0.2) is 55.2 Å². The Morgan fingerprint density at radius 1 is 0.863 bits per heavy atom. The van der Waals surface area contributed by atoms with E-state index in [1.165, 1.54) is 10.6 Å². The van der Waals surface area contributed by atoms with Gasteiger partial charge >= 0.3 is 11.7 Å². The fraction of sp³-hybridized carbons (Fsp3) is 0.235. The third kappa shape index (κ3) is 8.21. The highest BCUT2D eigenvalue weighted by Crippen LogP contribution is 2.33. The van der Waals surface area contributed by atoms with Crippen molar-refractivity contribution in [2.45, 2.75) is 53.4 Å². The van der Waals surface area contributed by atoms with Crippen molar-refractivity contribution in [2.75, 3.05) is 5.32 Å². The Kier molecular flexibility index (Phi) is 12.5. The van der Waals surface area contributed by atoms with Gasteiger partial charge in [0.1, 0.15) is 5.82 Å². The van der Waals surface area contributed by atoms with Gasteiger partial charge in [-0.05, 0) is 92.9 Å². The lowest BCUT2D eigenvalue weighted by Gasteiger charge is -2.18. The molecule has 5 aromatic rings. The normalized spacial score (nSPS) is 11.1. The number of aryl methyl sites for hydroxylation is 2. The maximum absolute atomic E-state index is 14.1. The molecule has 0 atom stereocenters. The van der Waals surface area contributed by atoms with Gasteiger partial charge < -0.3 is 5.32 Å². The molecule has 3 aromatic heterocycles. The highest BCUT2D eigenvalue weighted by molar-refractivity contribution is 9.11. The number of imide groups is 1. The maximum atomic E-state index is 14.1. The van der Waals surface area contributed by atoms with Crippen molar-refractivity contribution in [1.29, 1.82) is 0 Å². The number of carbonyl (C=O) groups excluding carboxylic acids is 2. The van der Waals surface area contributed by atoms with E-state index in [1.54, 1.807) is 31.5 Å². The number of carbonyl (C=O) groups is 2. The van der Waals surface area contributed by atoms with E-state index in [4.69, 9.17) is 23.2 Å². The van der Waals surface area contributed by atoms with E-state index in [1.807, 2.05) is 39.9 Å². The molecule has 10 nitrogen and oxygen atoms in total. The van der Waals surface area contributed by atoms with Gasteiger partial charge in [-0.25, -0.2) is 22.8 Å². The summed E-state index contributed by atoms with van der Waals surface area (Å²) in [5.74, 6) is -3.87. The second kappa shape index (κ2) is 16.1. The molecule has 0 spiro atoms. The minimum atomic E-state index is -1.12. The number of pyridine rings is 2. The van der Waals surface area contributed by atoms with E-state index in [0.717, 1.165) is 11.1 Å². The molecule has 3 amide bonds. The van der Waals surface area contributed by atoms with Gasteiger partial charge in [-0.15, -0.1) is 0 Å². The Morgan fingerprint density at radius 2 is 1.41 bits per heavy atom. The van der Waals surface area contributed by atoms with E-state index in [-0.39, 0.29) is 32.2 Å². The van der Waals surface area contributed by atoms with Crippen LogP contribution in [-0.4, -0.2) is 31.5 Å². The smallest absolute Gasteiger partial charge is 0.306 e. The van der Waals surface area contributed by atoms with E-state index < -0.39 is 55.7 Å². The van der Waals surface area contributed by atoms with Gasteiger partial charge in [-0.2, -0.15) is 0 Å². The minimum absolute atomic E-state index is 0.0134. The summed E-state index contributed by atoms with van der Waals surface area (Å²) in [6, 6.07) is 4.52. The molecule has 0 bridgehead atoms. The zero-order valence-electron chi connectivity index (χ0n) is 27.7. The number of hydrogen-bond donors (Lipinski definition) is 3. The Morgan fingerprint density at radius 3 is 2.02 bits per heavy atom. The van der Waals surface area contributed by atoms with Crippen LogP contribution >= 0.6 is 55.1 Å². The number of aromatic nitrogens is 4. The number of rotatable bonds is 5. The summed E-state index contributed by atoms with van der Waals surface area (Å²) >= 11 is 17.3. The van der Waals surface area contributed by atoms with Gasteiger partial charge in [0.25, 0.3) is 11.5 Å². The molecule has 0 fully saturated rings. The van der Waals surface area contributed by atoms with Crippen molar-refractivity contribution in [3.63, 3.8) is 0 Å². The topological polar surface area (TPSA) is 139 Å². The second-order valence-electron chi connectivity index (χ2n) is 11.8. The zero-order chi connectivity index (χ0) is 38.1. The molecule has 17 heteroatoms. The number of nitrogens with zero attached hydrogens (tertiary/aromatic N) is 3. The van der Waals surface area contributed by atoms with Crippen LogP contribution in [0.3, 0.4) is 0 Å². The van der Waals surface area contributed by atoms with E-state index in [9.17, 15) is 32.3 Å². The quantitative estimate of drug-likeness (QED) is 0.119. The number of benzene rings is 2. The summed E-state index contributed by atoms with van der Waals surface area (Å²) in [5, 5.41) is 3.85. The number of nitrogens with one attached hydrogen (secondary N) is 3. The van der Waals surface area contributed by atoms with Crippen molar-refractivity contribution >= 4 is 83.6 Å². The fourth-order valence-electron chi connectivity index (χ4n) is 5.07. The van der Waals surface area contributed by atoms with Crippen LogP contribution in [0.4, 0.5) is 23.7 Å². The average Bonchev–Trinajstić information content (AvgIpc) is 3.04. The number of fused-ring (bicyclic) bond motifs is 1. The molecule has 2 aromatic carbocycles. The summed E-state index contributed by atoms with van der Waals surface area (Å²) in [4.78, 5) is 60.1. The summed E-state index contributed by atoms with van der Waals surface area (Å²) in [6.45, 7) is 11.3. The van der Waals surface area contributed by atoms with Gasteiger partial charge in [0.05, 0.1) is 58.2 Å². The van der Waals surface area contributed by atoms with Gasteiger partial charge in [0, 0.05) is 12.4 Å². The highest BCUT2D eigenvalue weighted by atomic mass is 79.9. The molecule has 3 N–H and O–H groups in total. The van der Waals surface area contributed by atoms with Crippen LogP contribution in [0.25, 0.3) is 16.6 Å². The van der Waals surface area contributed by atoms with Gasteiger partial charge in [0.2, 0.25) is 0 Å². The molecule has 0 unspecified atom stereocenters. The fourth-order valence-corrected chi connectivity index (χ4v) is 6.87. The van der Waals surface area contributed by atoms with Gasteiger partial charge in [-0.3, -0.25) is 34.4 Å². The number of anilines is 1. The molecule has 268 valence electrons. The maximum Gasteiger partial charge on any atom is 0.333 e. The van der Waals surface area contributed by atoms with Crippen molar-refractivity contribution in [1.82, 2.24) is 24.8 Å². The molecule has 51 heavy (non-hydrogen) atoms. The Bertz CT molecular complexity index is 2330. The number of amides is 3. The van der Waals surface area contributed by atoms with Crippen molar-refractivity contribution in [3.8, 4) is 5.69 Å². The minimum Gasteiger partial charge on any atom is -0.306 e. The van der Waals surface area contributed by atoms with Gasteiger partial charge in [-0.1, -0.05) is 50.9 Å². The first-order valence-electron chi connectivity index (χ1n) is 15.1. The van der Waals surface area contributed by atoms with Crippen LogP contribution in [0, 0.1) is 31.3 Å². The highest BCUT2D eigenvalue weighted by Gasteiger charge is 2.25. The predicted molar refractivity (Wildman–Crippen MR) is 198 cm³/mol. The molecule has 3 heterocycles. The molecule has 0 radical (unpaired) electrons. The predicted octanol–water partition coefficient (Wildman–Crippen LogP) is 9.23. The number of halogens is 7. The van der Waals surface area contributed by atoms with Crippen LogP contribution in [0.1, 0.15) is 72.4 Å². The number of aromatic amines is 1. The van der Waals surface area contributed by atoms with Crippen LogP contribution < -0.4 is 21.9 Å². The first kappa shape index (κ1) is 39.7. The Labute approximate surface area is 316 Å². The number of hydrogen-bond acceptors (Lipinski definition) is 6. The Hall–Kier alpha value is -4.05. The molecule has 5 rings (SSSR count). The van der Waals surface area contributed by atoms with Crippen molar-refractivity contribution in [2.24, 2.45) is 0 Å². The van der Waals surface area contributed by atoms with Crippen LogP contribution in [0.2, 0.25) is 10.0 Å². The second-order valence-corrected chi connectivity index (χ2v) is 14.2. The SMILES string of the molecule is Cc1ccnc(C(C)C)c1-n1c(=O)[nH]c(=O)c2c(Br)c(F)c(Cl)cc21.Cc1ccnc(C(C)C)c1NC(=O)NC(=O)c1c(F)cc(Cl)c(F)c1Br.